The number of ether oxygens (including phenoxy) is 1. The molecule has 2 aromatic carbocycles. The van der Waals surface area contributed by atoms with Gasteiger partial charge in [-0.2, -0.15) is 31.1 Å². The van der Waals surface area contributed by atoms with Crippen molar-refractivity contribution < 1.29 is 54.2 Å². The minimum atomic E-state index is -5.10. The van der Waals surface area contributed by atoms with E-state index in [0.29, 0.717) is 63.0 Å². The highest BCUT2D eigenvalue weighted by Crippen LogP contribution is 2.38. The highest BCUT2D eigenvalue weighted by molar-refractivity contribution is 5.70. The number of hydrogen-bond acceptors (Lipinski definition) is 7. The van der Waals surface area contributed by atoms with Crippen LogP contribution in [0.15, 0.2) is 36.4 Å². The van der Waals surface area contributed by atoms with Crippen molar-refractivity contribution in [2.75, 3.05) is 22.9 Å². The molecular formula is C30H33F9N6O3. The van der Waals surface area contributed by atoms with Crippen LogP contribution in [0.5, 0.6) is 5.75 Å². The van der Waals surface area contributed by atoms with Crippen molar-refractivity contribution in [3.05, 3.63) is 58.7 Å². The Morgan fingerprint density at radius 3 is 2.04 bits per heavy atom. The fourth-order valence-electron chi connectivity index (χ4n) is 5.81. The van der Waals surface area contributed by atoms with Gasteiger partial charge in [-0.25, -0.2) is 0 Å². The lowest BCUT2D eigenvalue weighted by atomic mass is 9.81. The van der Waals surface area contributed by atoms with Crippen LogP contribution in [0.25, 0.3) is 0 Å². The van der Waals surface area contributed by atoms with Crippen LogP contribution in [0.2, 0.25) is 0 Å². The molecule has 0 bridgehead atoms. The van der Waals surface area contributed by atoms with Crippen LogP contribution in [0, 0.1) is 11.8 Å². The fourth-order valence-corrected chi connectivity index (χ4v) is 5.81. The van der Waals surface area contributed by atoms with E-state index < -0.39 is 59.6 Å². The molecule has 0 radical (unpaired) electrons. The summed E-state index contributed by atoms with van der Waals surface area (Å²) in [6, 6.07) is 4.73. The van der Waals surface area contributed by atoms with Crippen LogP contribution < -0.4 is 14.5 Å². The number of carbonyl (C=O) groups is 1. The topological polar surface area (TPSA) is 96.6 Å². The normalized spacial score (nSPS) is 17.3. The third-order valence-corrected chi connectivity index (χ3v) is 7.96. The zero-order valence-corrected chi connectivity index (χ0v) is 25.8. The first-order valence-corrected chi connectivity index (χ1v) is 15.0. The summed E-state index contributed by atoms with van der Waals surface area (Å²) in [5, 5.41) is 21.0. The summed E-state index contributed by atoms with van der Waals surface area (Å²) >= 11 is 0. The summed E-state index contributed by atoms with van der Waals surface area (Å²) in [7, 11) is 1.38. The summed E-state index contributed by atoms with van der Waals surface area (Å²) in [6.45, 7) is 1.79. The Bertz CT molecular complexity index is 1520. The molecule has 0 unspecified atom stereocenters. The molecule has 0 spiro atoms. The molecule has 1 aliphatic carbocycles. The summed E-state index contributed by atoms with van der Waals surface area (Å²) in [5.74, 6) is -2.07. The number of anilines is 2. The van der Waals surface area contributed by atoms with E-state index in [-0.39, 0.29) is 30.0 Å². The quantitative estimate of drug-likeness (QED) is 0.195. The van der Waals surface area contributed by atoms with Gasteiger partial charge in [-0.05, 0) is 90.8 Å². The zero-order valence-electron chi connectivity index (χ0n) is 25.8. The van der Waals surface area contributed by atoms with E-state index in [1.165, 1.54) is 18.0 Å². The molecule has 9 nitrogen and oxygen atoms in total. The third-order valence-electron chi connectivity index (χ3n) is 7.96. The first kappa shape index (κ1) is 36.6. The average Bonchev–Trinajstić information content (AvgIpc) is 3.41. The Morgan fingerprint density at radius 2 is 1.54 bits per heavy atom. The number of nitrogens with zero attached hydrogens (tertiary/aromatic N) is 6. The first-order chi connectivity index (χ1) is 22.3. The van der Waals surface area contributed by atoms with Crippen LogP contribution in [-0.2, 0) is 37.3 Å². The van der Waals surface area contributed by atoms with Crippen molar-refractivity contribution >= 4 is 17.6 Å². The second-order valence-corrected chi connectivity index (χ2v) is 11.7. The van der Waals surface area contributed by atoms with E-state index >= 15 is 0 Å². The van der Waals surface area contributed by atoms with Crippen LogP contribution in [0.3, 0.4) is 0 Å². The lowest BCUT2D eigenvalue weighted by Crippen LogP contribution is -2.34. The Kier molecular flexibility index (Phi) is 11.0. The highest BCUT2D eigenvalue weighted by Gasteiger charge is 2.37. The van der Waals surface area contributed by atoms with Crippen molar-refractivity contribution in [2.24, 2.45) is 18.9 Å². The third kappa shape index (κ3) is 9.88. The van der Waals surface area contributed by atoms with E-state index in [4.69, 9.17) is 0 Å². The molecule has 0 saturated heterocycles. The second-order valence-electron chi connectivity index (χ2n) is 11.7. The first-order valence-electron chi connectivity index (χ1n) is 15.0. The molecule has 1 saturated carbocycles. The maximum Gasteiger partial charge on any atom is 0.573 e. The van der Waals surface area contributed by atoms with Crippen LogP contribution in [0.4, 0.5) is 51.1 Å². The van der Waals surface area contributed by atoms with Gasteiger partial charge in [0.2, 0.25) is 0 Å². The number of hydrogen-bond donors (Lipinski definition) is 1. The molecule has 1 fully saturated rings. The van der Waals surface area contributed by atoms with Gasteiger partial charge < -0.3 is 19.6 Å². The number of carboxylic acids is 1. The van der Waals surface area contributed by atoms with E-state index in [0.717, 1.165) is 16.9 Å². The number of carboxylic acid groups (broad SMARTS) is 1. The van der Waals surface area contributed by atoms with Gasteiger partial charge in [0.25, 0.3) is 5.95 Å². The molecule has 1 heterocycles. The summed E-state index contributed by atoms with van der Waals surface area (Å²) in [6.07, 6.45) is -12.5. The highest BCUT2D eigenvalue weighted by atomic mass is 19.4. The molecular weight excluding hydrogens is 663 g/mol. The molecule has 1 aliphatic rings. The van der Waals surface area contributed by atoms with E-state index in [1.54, 1.807) is 0 Å². The standard InChI is InChI=1S/C30H33F9N6O3/c1-3-10-44(15-18-4-6-20(7-5-18)26(46)47)25-9-8-24(48-30(37,38)39)13-21(25)17-45(27-40-42-43(2)41-27)16-19-11-22(28(31,32)33)14-23(12-19)29(34,35)36/h8-9,11-14,18,20H,3-7,10,15-17H2,1-2H3,(H,46,47). The number of benzene rings is 2. The number of aliphatic carboxylic acids is 1. The van der Waals surface area contributed by atoms with Gasteiger partial charge in [-0.1, -0.05) is 12.0 Å². The number of aryl methyl sites for hydroxylation is 1. The second kappa shape index (κ2) is 14.5. The summed E-state index contributed by atoms with van der Waals surface area (Å²) < 4.78 is 126. The largest absolute Gasteiger partial charge is 0.573 e. The van der Waals surface area contributed by atoms with E-state index in [2.05, 4.69) is 20.1 Å². The van der Waals surface area contributed by atoms with Crippen molar-refractivity contribution in [1.29, 1.82) is 0 Å². The Labute approximate surface area is 269 Å². The number of halogens is 9. The molecule has 18 heteroatoms. The molecule has 48 heavy (non-hydrogen) atoms. The van der Waals surface area contributed by atoms with Crippen molar-refractivity contribution in [3.8, 4) is 5.75 Å². The minimum absolute atomic E-state index is 0.00295. The summed E-state index contributed by atoms with van der Waals surface area (Å²) in [4.78, 5) is 15.6. The fraction of sp³-hybridized carbons (Fsp3) is 0.533. The lowest BCUT2D eigenvalue weighted by molar-refractivity contribution is -0.274. The predicted octanol–water partition coefficient (Wildman–Crippen LogP) is 7.46. The maximum absolute atomic E-state index is 13.6. The van der Waals surface area contributed by atoms with E-state index in [1.807, 2.05) is 11.8 Å². The monoisotopic (exact) mass is 696 g/mol. The van der Waals surface area contributed by atoms with Crippen molar-refractivity contribution in [3.63, 3.8) is 0 Å². The van der Waals surface area contributed by atoms with Crippen molar-refractivity contribution in [1.82, 2.24) is 20.2 Å². The molecule has 0 amide bonds. The average molecular weight is 697 g/mol. The number of tetrazole rings is 1. The zero-order chi connectivity index (χ0) is 35.4. The van der Waals surface area contributed by atoms with E-state index in [9.17, 15) is 49.4 Å². The Balaban J connectivity index is 1.76. The molecule has 264 valence electrons. The van der Waals surface area contributed by atoms with Crippen LogP contribution in [-0.4, -0.2) is 50.7 Å². The van der Waals surface area contributed by atoms with Crippen molar-refractivity contribution in [2.45, 2.75) is 70.8 Å². The van der Waals surface area contributed by atoms with Gasteiger partial charge in [0.1, 0.15) is 5.75 Å². The Hall–Kier alpha value is -4.25. The molecule has 3 aromatic rings. The lowest BCUT2D eigenvalue weighted by Gasteiger charge is -2.34. The number of alkyl halides is 9. The predicted molar refractivity (Wildman–Crippen MR) is 154 cm³/mol. The number of aromatic nitrogens is 4. The van der Waals surface area contributed by atoms with Gasteiger partial charge in [-0.15, -0.1) is 18.3 Å². The van der Waals surface area contributed by atoms with Crippen LogP contribution >= 0.6 is 0 Å². The molecule has 0 atom stereocenters. The molecule has 4 rings (SSSR count). The van der Waals surface area contributed by atoms with Gasteiger partial charge in [0, 0.05) is 31.9 Å². The number of rotatable bonds is 12. The molecule has 1 aromatic heterocycles. The summed E-state index contributed by atoms with van der Waals surface area (Å²) in [5.41, 5.74) is -2.84. The molecule has 1 N–H and O–H groups in total. The van der Waals surface area contributed by atoms with Gasteiger partial charge in [0.05, 0.1) is 24.1 Å². The van der Waals surface area contributed by atoms with Crippen LogP contribution in [0.1, 0.15) is 61.3 Å². The van der Waals surface area contributed by atoms with Gasteiger partial charge in [-0.3, -0.25) is 4.79 Å². The SMILES string of the molecule is CCCN(CC1CCC(C(=O)O)CC1)c1ccc(OC(F)(F)F)cc1CN(Cc1cc(C(F)(F)F)cc(C(F)(F)F)c1)c1nnn(C)n1. The van der Waals surface area contributed by atoms with Gasteiger partial charge >= 0.3 is 24.7 Å². The van der Waals surface area contributed by atoms with Gasteiger partial charge in [0.15, 0.2) is 0 Å². The maximum atomic E-state index is 13.6. The minimum Gasteiger partial charge on any atom is -0.481 e. The molecule has 0 aliphatic heterocycles. The Morgan fingerprint density at radius 1 is 0.917 bits per heavy atom. The smallest absolute Gasteiger partial charge is 0.481 e.